The van der Waals surface area contributed by atoms with Crippen molar-refractivity contribution >= 4 is 11.9 Å². The molecule has 1 saturated heterocycles. The Morgan fingerprint density at radius 1 is 1.21 bits per heavy atom. The lowest BCUT2D eigenvalue weighted by atomic mass is 9.77. The fourth-order valence-electron chi connectivity index (χ4n) is 6.88. The van der Waals surface area contributed by atoms with E-state index in [9.17, 15) is 19.8 Å². The molecule has 5 rings (SSSR count). The Balaban J connectivity index is 1.52. The van der Waals surface area contributed by atoms with Gasteiger partial charge in [-0.05, 0) is 67.5 Å². The van der Waals surface area contributed by atoms with Gasteiger partial charge in [0.15, 0.2) is 23.2 Å². The van der Waals surface area contributed by atoms with Gasteiger partial charge in [-0.2, -0.15) is 0 Å². The van der Waals surface area contributed by atoms with Crippen LogP contribution < -0.4 is 9.47 Å². The Kier molecular flexibility index (Phi) is 7.56. The molecule has 0 amide bonds. The zero-order valence-corrected chi connectivity index (χ0v) is 23.1. The Hall–Kier alpha value is -2.82. The minimum atomic E-state index is -2.27. The van der Waals surface area contributed by atoms with Crippen LogP contribution in [0.5, 0.6) is 11.5 Å². The fraction of sp³-hybridized carbons (Fsp3) is 0.655. The topological polar surface area (TPSA) is 124 Å². The number of esters is 2. The Morgan fingerprint density at radius 3 is 2.64 bits per heavy atom. The number of hydrogen-bond acceptors (Lipinski definition) is 10. The Bertz CT molecular complexity index is 1150. The van der Waals surface area contributed by atoms with Crippen LogP contribution >= 0.6 is 0 Å². The van der Waals surface area contributed by atoms with Gasteiger partial charge in [0.2, 0.25) is 6.79 Å². The number of rotatable bonds is 9. The molecule has 0 saturated carbocycles. The largest absolute Gasteiger partial charge is 0.497 e. The smallest absolute Gasteiger partial charge is 0.339 e. The molecule has 1 fully saturated rings. The minimum absolute atomic E-state index is 0.125. The van der Waals surface area contributed by atoms with E-state index in [0.29, 0.717) is 23.7 Å². The number of benzene rings is 1. The molecule has 0 radical (unpaired) electrons. The number of aliphatic hydroxyl groups is 2. The summed E-state index contributed by atoms with van der Waals surface area (Å²) >= 11 is 0. The first kappa shape index (κ1) is 27.7. The first-order valence-corrected chi connectivity index (χ1v) is 13.7. The molecule has 3 aliphatic heterocycles. The van der Waals surface area contributed by atoms with E-state index in [1.54, 1.807) is 7.11 Å². The Labute approximate surface area is 228 Å². The summed E-state index contributed by atoms with van der Waals surface area (Å²) in [5.74, 6) is -0.126. The molecule has 3 heterocycles. The van der Waals surface area contributed by atoms with E-state index in [2.05, 4.69) is 11.0 Å². The van der Waals surface area contributed by atoms with E-state index < -0.39 is 41.7 Å². The highest BCUT2D eigenvalue weighted by Gasteiger charge is 2.59. The molecule has 1 spiro atoms. The number of methoxy groups -OCH3 is 2. The number of carbonyl (C=O) groups excluding carboxylic acids is 2. The summed E-state index contributed by atoms with van der Waals surface area (Å²) < 4.78 is 28.0. The van der Waals surface area contributed by atoms with E-state index in [-0.39, 0.29) is 25.0 Å². The molecule has 4 aliphatic rings. The van der Waals surface area contributed by atoms with Gasteiger partial charge in [-0.1, -0.05) is 13.8 Å². The third kappa shape index (κ3) is 4.98. The first-order chi connectivity index (χ1) is 18.6. The fourth-order valence-corrected chi connectivity index (χ4v) is 6.88. The van der Waals surface area contributed by atoms with Gasteiger partial charge >= 0.3 is 11.9 Å². The van der Waals surface area contributed by atoms with Crippen LogP contribution in [0.2, 0.25) is 0 Å². The van der Waals surface area contributed by atoms with E-state index in [1.165, 1.54) is 7.11 Å². The van der Waals surface area contributed by atoms with Crippen molar-refractivity contribution in [2.45, 2.75) is 81.6 Å². The molecule has 10 nitrogen and oxygen atoms in total. The molecule has 214 valence electrons. The second kappa shape index (κ2) is 10.6. The van der Waals surface area contributed by atoms with Crippen molar-refractivity contribution in [2.75, 3.05) is 34.1 Å². The molecule has 1 unspecified atom stereocenters. The second-order valence-electron chi connectivity index (χ2n) is 11.6. The highest BCUT2D eigenvalue weighted by molar-refractivity contribution is 5.86. The van der Waals surface area contributed by atoms with E-state index in [4.69, 9.17) is 23.7 Å². The van der Waals surface area contributed by atoms with Crippen LogP contribution in [-0.2, 0) is 30.2 Å². The lowest BCUT2D eigenvalue weighted by Gasteiger charge is -2.39. The monoisotopic (exact) mass is 545 g/mol. The molecular formula is C29H39NO9. The number of fused-ring (bicyclic) bond motifs is 3. The summed E-state index contributed by atoms with van der Waals surface area (Å²) in [7, 11) is 2.73. The van der Waals surface area contributed by atoms with Crippen molar-refractivity contribution in [3.05, 3.63) is 35.1 Å². The van der Waals surface area contributed by atoms with Gasteiger partial charge < -0.3 is 33.9 Å². The van der Waals surface area contributed by atoms with Crippen molar-refractivity contribution in [2.24, 2.45) is 5.92 Å². The summed E-state index contributed by atoms with van der Waals surface area (Å²) in [4.78, 5) is 28.4. The third-order valence-electron chi connectivity index (χ3n) is 8.56. The molecule has 1 aromatic rings. The summed E-state index contributed by atoms with van der Waals surface area (Å²) in [5, 5.41) is 22.1. The normalized spacial score (nSPS) is 27.5. The van der Waals surface area contributed by atoms with E-state index in [1.807, 2.05) is 26.0 Å². The first-order valence-electron chi connectivity index (χ1n) is 13.7. The SMILES string of the molecule is COC(=O)C[C@](O)(CC(O)CC(C)C)C(=O)O[C@@H]1C(OC)=C[C@]23CCCN2CCc2cc4c(cc2[C@H]13)OCO4. The van der Waals surface area contributed by atoms with Crippen LogP contribution in [-0.4, -0.2) is 84.5 Å². The molecular weight excluding hydrogens is 506 g/mol. The van der Waals surface area contributed by atoms with Crippen molar-refractivity contribution in [3.63, 3.8) is 0 Å². The van der Waals surface area contributed by atoms with Gasteiger partial charge in [-0.3, -0.25) is 9.69 Å². The van der Waals surface area contributed by atoms with Crippen LogP contribution in [0.3, 0.4) is 0 Å². The van der Waals surface area contributed by atoms with Gasteiger partial charge in [-0.15, -0.1) is 0 Å². The van der Waals surface area contributed by atoms with Crippen LogP contribution in [0.15, 0.2) is 24.0 Å². The minimum Gasteiger partial charge on any atom is -0.497 e. The van der Waals surface area contributed by atoms with Crippen molar-refractivity contribution in [1.29, 1.82) is 0 Å². The summed E-state index contributed by atoms with van der Waals surface area (Å²) in [6.07, 6.45) is 2.21. The van der Waals surface area contributed by atoms with Crippen molar-refractivity contribution in [1.82, 2.24) is 4.90 Å². The molecule has 0 aromatic heterocycles. The maximum atomic E-state index is 13.8. The lowest BCUT2D eigenvalue weighted by molar-refractivity contribution is -0.181. The second-order valence-corrected chi connectivity index (χ2v) is 11.6. The number of nitrogens with zero attached hydrogens (tertiary/aromatic N) is 1. The zero-order chi connectivity index (χ0) is 27.9. The number of aliphatic hydroxyl groups excluding tert-OH is 1. The summed E-state index contributed by atoms with van der Waals surface area (Å²) in [5.41, 5.74) is -0.635. The standard InChI is InChI=1S/C29H39NO9/c1-17(2)10-19(31)13-29(34,15-24(32)36-4)27(33)39-26-23(35-3)14-28-7-5-8-30(28)9-6-18-11-21-22(38-16-37-21)12-20(18)25(26)28/h11-12,14,17,19,25-26,31,34H,5-10,13,15-16H2,1-4H3/t19?,25-,26-,28+,29-/m1/s1. The van der Waals surface area contributed by atoms with Crippen molar-refractivity contribution in [3.8, 4) is 11.5 Å². The predicted octanol–water partition coefficient (Wildman–Crippen LogP) is 2.44. The quantitative estimate of drug-likeness (QED) is 0.447. The maximum absolute atomic E-state index is 13.8. The van der Waals surface area contributed by atoms with E-state index >= 15 is 0 Å². The van der Waals surface area contributed by atoms with Gasteiger partial charge in [0.1, 0.15) is 5.76 Å². The van der Waals surface area contributed by atoms with Crippen LogP contribution in [0.1, 0.15) is 63.0 Å². The number of ether oxygens (including phenoxy) is 5. The van der Waals surface area contributed by atoms with Gasteiger partial charge in [-0.25, -0.2) is 4.79 Å². The van der Waals surface area contributed by atoms with Gasteiger partial charge in [0.05, 0.1) is 38.2 Å². The van der Waals surface area contributed by atoms with Crippen LogP contribution in [0.25, 0.3) is 0 Å². The number of hydrogen-bond donors (Lipinski definition) is 2. The molecule has 10 heteroatoms. The predicted molar refractivity (Wildman–Crippen MR) is 139 cm³/mol. The summed E-state index contributed by atoms with van der Waals surface area (Å²) in [6.45, 7) is 5.73. The summed E-state index contributed by atoms with van der Waals surface area (Å²) in [6, 6.07) is 3.99. The molecule has 0 bridgehead atoms. The number of carbonyl (C=O) groups is 2. The molecule has 5 atom stereocenters. The highest BCUT2D eigenvalue weighted by atomic mass is 16.7. The lowest BCUT2D eigenvalue weighted by Crippen LogP contribution is -2.50. The van der Waals surface area contributed by atoms with Crippen LogP contribution in [0, 0.1) is 5.92 Å². The van der Waals surface area contributed by atoms with Crippen LogP contribution in [0.4, 0.5) is 0 Å². The molecule has 2 N–H and O–H groups in total. The molecule has 1 aliphatic carbocycles. The molecule has 39 heavy (non-hydrogen) atoms. The highest BCUT2D eigenvalue weighted by Crippen LogP contribution is 2.55. The zero-order valence-electron chi connectivity index (χ0n) is 23.1. The Morgan fingerprint density at radius 2 is 1.95 bits per heavy atom. The van der Waals surface area contributed by atoms with Gasteiger partial charge in [0, 0.05) is 13.0 Å². The maximum Gasteiger partial charge on any atom is 0.339 e. The average molecular weight is 546 g/mol. The van der Waals surface area contributed by atoms with E-state index in [0.717, 1.165) is 43.5 Å². The van der Waals surface area contributed by atoms with Crippen molar-refractivity contribution < 1.29 is 43.5 Å². The third-order valence-corrected chi connectivity index (χ3v) is 8.56. The van der Waals surface area contributed by atoms with Gasteiger partial charge in [0.25, 0.3) is 0 Å². The molecule has 1 aromatic carbocycles. The average Bonchev–Trinajstić information content (AvgIpc) is 3.56.